The number of aromatic amines is 1. The molecular formula is C22H24ClN7O2. The van der Waals surface area contributed by atoms with Gasteiger partial charge in [-0.25, -0.2) is 0 Å². The van der Waals surface area contributed by atoms with Gasteiger partial charge in [0.1, 0.15) is 0 Å². The highest BCUT2D eigenvalue weighted by Gasteiger charge is 2.31. The summed E-state index contributed by atoms with van der Waals surface area (Å²) in [5, 5.41) is 6.63. The zero-order valence-electron chi connectivity index (χ0n) is 18.4. The SMILES string of the molecule is Cc1[nH]c(/C=C2\C(=O)Nc3cc(Cl)c(N=[N+]=[N-])cc32)c(C)c1C(=O)N1CC[C@H](N(C)C)C1. The molecule has 0 aliphatic carbocycles. The molecule has 1 saturated heterocycles. The van der Waals surface area contributed by atoms with E-state index in [1.54, 1.807) is 18.2 Å². The van der Waals surface area contributed by atoms with E-state index in [1.165, 1.54) is 0 Å². The van der Waals surface area contributed by atoms with Gasteiger partial charge in [0.2, 0.25) is 0 Å². The zero-order valence-corrected chi connectivity index (χ0v) is 19.1. The molecule has 2 aliphatic heterocycles. The lowest BCUT2D eigenvalue weighted by molar-refractivity contribution is -0.110. The van der Waals surface area contributed by atoms with Crippen LogP contribution in [-0.2, 0) is 4.79 Å². The molecule has 10 heteroatoms. The van der Waals surface area contributed by atoms with Gasteiger partial charge in [-0.1, -0.05) is 16.7 Å². The number of nitrogens with one attached hydrogen (secondary N) is 2. The van der Waals surface area contributed by atoms with Crippen molar-refractivity contribution in [1.29, 1.82) is 0 Å². The lowest BCUT2D eigenvalue weighted by atomic mass is 10.0. The summed E-state index contributed by atoms with van der Waals surface area (Å²) in [6.07, 6.45) is 2.67. The number of likely N-dealkylation sites (tertiary alicyclic amines) is 1. The summed E-state index contributed by atoms with van der Waals surface area (Å²) >= 11 is 6.13. The highest BCUT2D eigenvalue weighted by molar-refractivity contribution is 6.38. The summed E-state index contributed by atoms with van der Waals surface area (Å²) in [6, 6.07) is 3.51. The van der Waals surface area contributed by atoms with Crippen LogP contribution in [0.15, 0.2) is 17.2 Å². The lowest BCUT2D eigenvalue weighted by Crippen LogP contribution is -2.34. The number of fused-ring (bicyclic) bond motifs is 1. The Balaban J connectivity index is 1.70. The van der Waals surface area contributed by atoms with E-state index >= 15 is 0 Å². The molecule has 1 atom stereocenters. The summed E-state index contributed by atoms with van der Waals surface area (Å²) in [5.74, 6) is -0.291. The van der Waals surface area contributed by atoms with E-state index in [-0.39, 0.29) is 22.5 Å². The Morgan fingerprint density at radius 1 is 1.38 bits per heavy atom. The van der Waals surface area contributed by atoms with E-state index in [9.17, 15) is 9.59 Å². The van der Waals surface area contributed by atoms with Gasteiger partial charge in [-0.2, -0.15) is 0 Å². The third-order valence-electron chi connectivity index (χ3n) is 6.18. The number of amides is 2. The quantitative estimate of drug-likeness (QED) is 0.307. The van der Waals surface area contributed by atoms with Crippen LogP contribution in [0.1, 0.15) is 39.3 Å². The second kappa shape index (κ2) is 8.35. The van der Waals surface area contributed by atoms with E-state index in [4.69, 9.17) is 17.1 Å². The second-order valence-electron chi connectivity index (χ2n) is 8.37. The van der Waals surface area contributed by atoms with Gasteiger partial charge in [-0.3, -0.25) is 9.59 Å². The van der Waals surface area contributed by atoms with E-state index in [0.717, 1.165) is 24.2 Å². The maximum absolute atomic E-state index is 13.3. The minimum Gasteiger partial charge on any atom is -0.358 e. The van der Waals surface area contributed by atoms with Crippen LogP contribution in [0.2, 0.25) is 5.02 Å². The van der Waals surface area contributed by atoms with Gasteiger partial charge in [0.25, 0.3) is 11.8 Å². The van der Waals surface area contributed by atoms with Crippen molar-refractivity contribution in [1.82, 2.24) is 14.8 Å². The molecule has 0 spiro atoms. The van der Waals surface area contributed by atoms with Crippen molar-refractivity contribution in [3.63, 3.8) is 0 Å². The average molecular weight is 454 g/mol. The number of carbonyl (C=O) groups is 2. The van der Waals surface area contributed by atoms with Crippen LogP contribution in [0.25, 0.3) is 22.1 Å². The van der Waals surface area contributed by atoms with Gasteiger partial charge in [0.05, 0.1) is 27.5 Å². The minimum atomic E-state index is -0.290. The number of rotatable bonds is 4. The Morgan fingerprint density at radius 3 is 2.78 bits per heavy atom. The predicted octanol–water partition coefficient (Wildman–Crippen LogP) is 4.50. The van der Waals surface area contributed by atoms with E-state index in [1.807, 2.05) is 32.8 Å². The van der Waals surface area contributed by atoms with Crippen LogP contribution in [-0.4, -0.2) is 59.8 Å². The molecule has 1 fully saturated rings. The molecule has 0 unspecified atom stereocenters. The number of carbonyl (C=O) groups excluding carboxylic acids is 2. The Labute approximate surface area is 190 Å². The smallest absolute Gasteiger partial charge is 0.256 e. The van der Waals surface area contributed by atoms with Crippen molar-refractivity contribution in [2.24, 2.45) is 5.11 Å². The van der Waals surface area contributed by atoms with E-state index in [2.05, 4.69) is 25.2 Å². The Hall–Kier alpha value is -3.26. The summed E-state index contributed by atoms with van der Waals surface area (Å²) in [7, 11) is 4.06. The third kappa shape index (κ3) is 3.75. The molecule has 0 saturated carbocycles. The summed E-state index contributed by atoms with van der Waals surface area (Å²) in [6.45, 7) is 5.17. The number of H-pyrrole nitrogens is 1. The molecular weight excluding hydrogens is 430 g/mol. The number of benzene rings is 1. The number of anilines is 1. The average Bonchev–Trinajstić information content (AvgIpc) is 3.40. The van der Waals surface area contributed by atoms with E-state index < -0.39 is 0 Å². The number of aryl methyl sites for hydroxylation is 1. The Bertz CT molecular complexity index is 1210. The molecule has 2 amide bonds. The first-order chi connectivity index (χ1) is 15.2. The van der Waals surface area contributed by atoms with Crippen molar-refractivity contribution in [3.05, 3.63) is 55.7 Å². The second-order valence-corrected chi connectivity index (χ2v) is 8.78. The molecule has 2 aliphatic rings. The van der Waals surface area contributed by atoms with Crippen molar-refractivity contribution in [3.8, 4) is 0 Å². The number of halogens is 1. The van der Waals surface area contributed by atoms with Crippen LogP contribution in [0.3, 0.4) is 0 Å². The normalized spacial score (nSPS) is 18.8. The van der Waals surface area contributed by atoms with Crippen LogP contribution in [0, 0.1) is 13.8 Å². The monoisotopic (exact) mass is 453 g/mol. The zero-order chi connectivity index (χ0) is 23.2. The highest BCUT2D eigenvalue weighted by atomic mass is 35.5. The van der Waals surface area contributed by atoms with Gasteiger partial charge in [-0.05, 0) is 63.7 Å². The van der Waals surface area contributed by atoms with Crippen LogP contribution >= 0.6 is 11.6 Å². The maximum Gasteiger partial charge on any atom is 0.256 e. The van der Waals surface area contributed by atoms with Gasteiger partial charge in [0.15, 0.2) is 0 Å². The molecule has 2 aromatic rings. The van der Waals surface area contributed by atoms with Crippen LogP contribution in [0.4, 0.5) is 11.4 Å². The molecule has 2 N–H and O–H groups in total. The molecule has 4 rings (SSSR count). The highest BCUT2D eigenvalue weighted by Crippen LogP contribution is 2.40. The Morgan fingerprint density at radius 2 is 2.12 bits per heavy atom. The predicted molar refractivity (Wildman–Crippen MR) is 125 cm³/mol. The summed E-state index contributed by atoms with van der Waals surface area (Å²) in [5.41, 5.74) is 13.4. The molecule has 3 heterocycles. The van der Waals surface area contributed by atoms with Crippen LogP contribution in [0.5, 0.6) is 0 Å². The number of likely N-dealkylation sites (N-methyl/N-ethyl adjacent to an activating group) is 1. The largest absolute Gasteiger partial charge is 0.358 e. The molecule has 166 valence electrons. The molecule has 1 aromatic carbocycles. The first-order valence-electron chi connectivity index (χ1n) is 10.3. The molecule has 1 aromatic heterocycles. The van der Waals surface area contributed by atoms with Crippen molar-refractivity contribution in [2.75, 3.05) is 32.5 Å². The number of aromatic nitrogens is 1. The first-order valence-corrected chi connectivity index (χ1v) is 10.7. The number of nitrogens with zero attached hydrogens (tertiary/aromatic N) is 5. The van der Waals surface area contributed by atoms with Crippen molar-refractivity contribution in [2.45, 2.75) is 26.3 Å². The third-order valence-corrected chi connectivity index (χ3v) is 6.48. The number of hydrogen-bond donors (Lipinski definition) is 2. The fraction of sp³-hybridized carbons (Fsp3) is 0.364. The van der Waals surface area contributed by atoms with Crippen molar-refractivity contribution >= 4 is 46.4 Å². The maximum atomic E-state index is 13.3. The first kappa shape index (κ1) is 22.0. The van der Waals surface area contributed by atoms with E-state index in [0.29, 0.717) is 40.7 Å². The topological polar surface area (TPSA) is 117 Å². The molecule has 9 nitrogen and oxygen atoms in total. The molecule has 0 bridgehead atoms. The fourth-order valence-electron chi connectivity index (χ4n) is 4.36. The minimum absolute atomic E-state index is 0.000973. The number of azide groups is 1. The summed E-state index contributed by atoms with van der Waals surface area (Å²) in [4.78, 5) is 36.0. The number of hydrogen-bond acceptors (Lipinski definition) is 4. The van der Waals surface area contributed by atoms with Crippen LogP contribution < -0.4 is 5.32 Å². The van der Waals surface area contributed by atoms with Gasteiger partial charge < -0.3 is 20.1 Å². The Kier molecular flexibility index (Phi) is 5.73. The molecule has 32 heavy (non-hydrogen) atoms. The standard InChI is InChI=1S/C22H24ClN7O2/c1-11-17(25-12(2)20(11)22(32)30-6-5-13(10-30)29(3)4)8-15-14-7-19(27-28-24)16(23)9-18(14)26-21(15)31/h7-9,13,25H,5-6,10H2,1-4H3,(H,26,31)/b15-8-/t13-/m0/s1. The van der Waals surface area contributed by atoms with Gasteiger partial charge in [-0.15, -0.1) is 0 Å². The summed E-state index contributed by atoms with van der Waals surface area (Å²) < 4.78 is 0. The van der Waals surface area contributed by atoms with Crippen molar-refractivity contribution < 1.29 is 9.59 Å². The fourth-order valence-corrected chi connectivity index (χ4v) is 4.56. The molecule has 0 radical (unpaired) electrons. The van der Waals surface area contributed by atoms with Gasteiger partial charge in [0, 0.05) is 41.0 Å². The van der Waals surface area contributed by atoms with Gasteiger partial charge >= 0.3 is 0 Å². The lowest BCUT2D eigenvalue weighted by Gasteiger charge is -2.20.